The van der Waals surface area contributed by atoms with E-state index in [4.69, 9.17) is 9.84 Å². The Morgan fingerprint density at radius 3 is 1.97 bits per heavy atom. The second-order valence-corrected chi connectivity index (χ2v) is 8.18. The van der Waals surface area contributed by atoms with E-state index in [-0.39, 0.29) is 17.0 Å². The number of esters is 1. The smallest absolute Gasteiger partial charge is 0.314 e. The van der Waals surface area contributed by atoms with Crippen molar-refractivity contribution in [3.63, 3.8) is 0 Å². The van der Waals surface area contributed by atoms with Gasteiger partial charge < -0.3 is 14.9 Å². The van der Waals surface area contributed by atoms with Crippen molar-refractivity contribution in [2.24, 2.45) is 5.92 Å². The SMILES string of the molecule is O=C(Oc1ccc(O)c(F)c1F)C1CCC(c2ccc(-c3ccc(O)c(F)c3F)c(F)c2)CC1. The molecule has 0 atom stereocenters. The Morgan fingerprint density at radius 1 is 0.735 bits per heavy atom. The van der Waals surface area contributed by atoms with Crippen LogP contribution in [0.4, 0.5) is 22.0 Å². The van der Waals surface area contributed by atoms with Crippen molar-refractivity contribution in [3.8, 4) is 28.4 Å². The van der Waals surface area contributed by atoms with Gasteiger partial charge in [-0.3, -0.25) is 4.79 Å². The van der Waals surface area contributed by atoms with Gasteiger partial charge in [0.05, 0.1) is 5.92 Å². The molecule has 0 radical (unpaired) electrons. The second-order valence-electron chi connectivity index (χ2n) is 8.18. The topological polar surface area (TPSA) is 66.8 Å². The summed E-state index contributed by atoms with van der Waals surface area (Å²) in [7, 11) is 0. The van der Waals surface area contributed by atoms with E-state index in [1.807, 2.05) is 0 Å². The third-order valence-electron chi connectivity index (χ3n) is 6.11. The van der Waals surface area contributed by atoms with Crippen molar-refractivity contribution in [3.05, 3.63) is 77.1 Å². The van der Waals surface area contributed by atoms with Gasteiger partial charge in [0.25, 0.3) is 0 Å². The first-order valence-electron chi connectivity index (χ1n) is 10.5. The molecule has 9 heteroatoms. The molecule has 4 nitrogen and oxygen atoms in total. The molecule has 1 aliphatic carbocycles. The molecule has 0 aliphatic heterocycles. The molecule has 34 heavy (non-hydrogen) atoms. The first kappa shape index (κ1) is 23.5. The van der Waals surface area contributed by atoms with Crippen LogP contribution in [0, 0.1) is 35.0 Å². The molecule has 0 unspecified atom stereocenters. The summed E-state index contributed by atoms with van der Waals surface area (Å²) in [4.78, 5) is 12.4. The monoisotopic (exact) mass is 478 g/mol. The second kappa shape index (κ2) is 9.32. The van der Waals surface area contributed by atoms with Gasteiger partial charge in [0.15, 0.2) is 23.1 Å². The fraction of sp³-hybridized carbons (Fsp3) is 0.240. The van der Waals surface area contributed by atoms with Crippen LogP contribution in [0.3, 0.4) is 0 Å². The fourth-order valence-electron chi connectivity index (χ4n) is 4.21. The lowest BCUT2D eigenvalue weighted by Crippen LogP contribution is -2.25. The Bertz CT molecular complexity index is 1250. The molecule has 0 spiro atoms. The summed E-state index contributed by atoms with van der Waals surface area (Å²) in [6.45, 7) is 0. The number of benzene rings is 3. The number of carbonyl (C=O) groups is 1. The Hall–Kier alpha value is -3.62. The van der Waals surface area contributed by atoms with E-state index in [1.165, 1.54) is 12.1 Å². The predicted octanol–water partition coefficient (Wildman–Crippen LogP) is 6.34. The van der Waals surface area contributed by atoms with Gasteiger partial charge in [0, 0.05) is 11.1 Å². The maximum Gasteiger partial charge on any atom is 0.314 e. The van der Waals surface area contributed by atoms with Gasteiger partial charge in [0.1, 0.15) is 5.82 Å². The largest absolute Gasteiger partial charge is 0.505 e. The van der Waals surface area contributed by atoms with Gasteiger partial charge in [0.2, 0.25) is 17.5 Å². The molecule has 0 aromatic heterocycles. The highest BCUT2D eigenvalue weighted by atomic mass is 19.2. The van der Waals surface area contributed by atoms with E-state index < -0.39 is 58.2 Å². The van der Waals surface area contributed by atoms with Crippen LogP contribution in [0.15, 0.2) is 42.5 Å². The number of halogens is 5. The van der Waals surface area contributed by atoms with E-state index in [0.717, 1.165) is 24.3 Å². The number of carbonyl (C=O) groups excluding carboxylic acids is 1. The van der Waals surface area contributed by atoms with Crippen molar-refractivity contribution in [1.82, 2.24) is 0 Å². The highest BCUT2D eigenvalue weighted by Crippen LogP contribution is 2.39. The zero-order chi connectivity index (χ0) is 24.6. The normalized spacial score (nSPS) is 18.0. The van der Waals surface area contributed by atoms with Crippen molar-refractivity contribution in [2.75, 3.05) is 0 Å². The number of phenols is 2. The van der Waals surface area contributed by atoms with Crippen molar-refractivity contribution in [1.29, 1.82) is 0 Å². The van der Waals surface area contributed by atoms with E-state index in [1.54, 1.807) is 6.07 Å². The molecule has 2 N–H and O–H groups in total. The van der Waals surface area contributed by atoms with Crippen LogP contribution >= 0.6 is 0 Å². The summed E-state index contributed by atoms with van der Waals surface area (Å²) in [5.41, 5.74) is 0.156. The lowest BCUT2D eigenvalue weighted by atomic mass is 9.78. The molecule has 0 heterocycles. The van der Waals surface area contributed by atoms with Crippen molar-refractivity contribution in [2.45, 2.75) is 31.6 Å². The predicted molar refractivity (Wildman–Crippen MR) is 112 cm³/mol. The molecule has 0 bridgehead atoms. The lowest BCUT2D eigenvalue weighted by Gasteiger charge is -2.27. The molecular weight excluding hydrogens is 459 g/mol. The minimum absolute atomic E-state index is 0.100. The molecule has 1 saturated carbocycles. The average Bonchev–Trinajstić information content (AvgIpc) is 2.83. The van der Waals surface area contributed by atoms with Gasteiger partial charge in [-0.2, -0.15) is 13.2 Å². The number of aromatic hydroxyl groups is 2. The molecule has 4 rings (SSSR count). The Balaban J connectivity index is 1.42. The van der Waals surface area contributed by atoms with Crippen LogP contribution in [0.1, 0.15) is 37.2 Å². The summed E-state index contributed by atoms with van der Waals surface area (Å²) in [6.07, 6.45) is 1.72. The summed E-state index contributed by atoms with van der Waals surface area (Å²) < 4.78 is 74.8. The van der Waals surface area contributed by atoms with Crippen LogP contribution < -0.4 is 4.74 Å². The number of hydrogen-bond donors (Lipinski definition) is 2. The highest BCUT2D eigenvalue weighted by Gasteiger charge is 2.30. The Morgan fingerprint density at radius 2 is 1.32 bits per heavy atom. The Labute approximate surface area is 191 Å². The van der Waals surface area contributed by atoms with Gasteiger partial charge in [-0.15, -0.1) is 0 Å². The average molecular weight is 478 g/mol. The molecule has 1 fully saturated rings. The number of ether oxygens (including phenoxy) is 1. The lowest BCUT2D eigenvalue weighted by molar-refractivity contribution is -0.140. The summed E-state index contributed by atoms with van der Waals surface area (Å²) >= 11 is 0. The van der Waals surface area contributed by atoms with Gasteiger partial charge >= 0.3 is 5.97 Å². The molecule has 178 valence electrons. The first-order chi connectivity index (χ1) is 16.2. The number of hydrogen-bond acceptors (Lipinski definition) is 4. The van der Waals surface area contributed by atoms with Gasteiger partial charge in [-0.25, -0.2) is 8.78 Å². The van der Waals surface area contributed by atoms with E-state index in [9.17, 15) is 31.9 Å². The summed E-state index contributed by atoms with van der Waals surface area (Å²) in [5.74, 6) is -10.3. The molecular formula is C25H19F5O4. The molecule has 0 saturated heterocycles. The van der Waals surface area contributed by atoms with Crippen molar-refractivity contribution >= 4 is 5.97 Å². The van der Waals surface area contributed by atoms with E-state index in [0.29, 0.717) is 31.2 Å². The zero-order valence-electron chi connectivity index (χ0n) is 17.6. The van der Waals surface area contributed by atoms with Crippen LogP contribution in [-0.2, 0) is 4.79 Å². The molecule has 1 aliphatic rings. The standard InChI is InChI=1S/C25H19F5O4/c26-17-11-14(5-6-15(17)16-7-8-18(31)22(28)21(16)27)12-1-3-13(4-2-12)25(33)34-20-10-9-19(32)23(29)24(20)30/h5-13,31-32H,1-4H2. The highest BCUT2D eigenvalue weighted by molar-refractivity contribution is 5.75. The molecule has 0 amide bonds. The van der Waals surface area contributed by atoms with Gasteiger partial charge in [-0.1, -0.05) is 12.1 Å². The van der Waals surface area contributed by atoms with Crippen LogP contribution in [0.2, 0.25) is 0 Å². The molecule has 3 aromatic rings. The van der Waals surface area contributed by atoms with Crippen LogP contribution in [0.5, 0.6) is 17.2 Å². The minimum atomic E-state index is -1.51. The summed E-state index contributed by atoms with van der Waals surface area (Å²) in [5, 5.41) is 18.4. The van der Waals surface area contributed by atoms with Crippen molar-refractivity contribution < 1.29 is 41.7 Å². The number of phenolic OH excluding ortho intramolecular Hbond substituents is 2. The van der Waals surface area contributed by atoms with Crippen LogP contribution in [-0.4, -0.2) is 16.2 Å². The van der Waals surface area contributed by atoms with E-state index in [2.05, 4.69) is 0 Å². The fourth-order valence-corrected chi connectivity index (χ4v) is 4.21. The molecule has 3 aromatic carbocycles. The quantitative estimate of drug-likeness (QED) is 0.261. The number of rotatable bonds is 4. The van der Waals surface area contributed by atoms with Crippen LogP contribution in [0.25, 0.3) is 11.1 Å². The maximum absolute atomic E-state index is 14.7. The maximum atomic E-state index is 14.7. The minimum Gasteiger partial charge on any atom is -0.505 e. The van der Waals surface area contributed by atoms with Gasteiger partial charge in [-0.05, 0) is 67.5 Å². The third kappa shape index (κ3) is 4.42. The van der Waals surface area contributed by atoms with E-state index >= 15 is 0 Å². The Kier molecular flexibility index (Phi) is 6.45. The zero-order valence-corrected chi connectivity index (χ0v) is 17.6. The summed E-state index contributed by atoms with van der Waals surface area (Å²) in [6, 6.07) is 8.05. The third-order valence-corrected chi connectivity index (χ3v) is 6.11. The first-order valence-corrected chi connectivity index (χ1v) is 10.5.